The highest BCUT2D eigenvalue weighted by Crippen LogP contribution is 2.20. The van der Waals surface area contributed by atoms with E-state index in [1.165, 1.54) is 41.1 Å². The Kier molecular flexibility index (Phi) is 5.65. The average Bonchev–Trinajstić information content (AvgIpc) is 2.43. The minimum Gasteiger partial charge on any atom is -0.323 e. The molecule has 1 amide bonds. The van der Waals surface area contributed by atoms with Crippen molar-refractivity contribution in [1.29, 1.82) is 0 Å². The zero-order valence-electron chi connectivity index (χ0n) is 11.5. The Morgan fingerprint density at radius 2 is 2.10 bits per heavy atom. The lowest BCUT2D eigenvalue weighted by molar-refractivity contribution is -0.113. The third-order valence-electron chi connectivity index (χ3n) is 2.79. The molecule has 0 fully saturated rings. The van der Waals surface area contributed by atoms with E-state index in [1.807, 2.05) is 25.1 Å². The first-order valence-electron chi connectivity index (χ1n) is 6.43. The van der Waals surface area contributed by atoms with Crippen LogP contribution in [0.3, 0.4) is 0 Å². The summed E-state index contributed by atoms with van der Waals surface area (Å²) in [4.78, 5) is 11.8. The van der Waals surface area contributed by atoms with E-state index in [4.69, 9.17) is 11.6 Å². The maximum atomic E-state index is 13.5. The molecule has 2 aromatic carbocycles. The van der Waals surface area contributed by atoms with Crippen LogP contribution in [0.2, 0.25) is 5.02 Å². The van der Waals surface area contributed by atoms with E-state index < -0.39 is 5.82 Å². The molecule has 0 aromatic heterocycles. The Bertz CT molecular complexity index is 648. The third kappa shape index (κ3) is 5.06. The second-order valence-electron chi connectivity index (χ2n) is 4.65. The van der Waals surface area contributed by atoms with Gasteiger partial charge < -0.3 is 5.32 Å². The van der Waals surface area contributed by atoms with Gasteiger partial charge in [0, 0.05) is 10.8 Å². The van der Waals surface area contributed by atoms with Gasteiger partial charge in [0.05, 0.1) is 11.4 Å². The van der Waals surface area contributed by atoms with Gasteiger partial charge in [-0.05, 0) is 30.7 Å². The van der Waals surface area contributed by atoms with Crippen molar-refractivity contribution in [3.05, 3.63) is 64.4 Å². The van der Waals surface area contributed by atoms with Gasteiger partial charge in [-0.2, -0.15) is 0 Å². The van der Waals surface area contributed by atoms with Gasteiger partial charge in [-0.25, -0.2) is 4.39 Å². The van der Waals surface area contributed by atoms with Gasteiger partial charge in [-0.1, -0.05) is 41.4 Å². The van der Waals surface area contributed by atoms with Gasteiger partial charge in [-0.15, -0.1) is 11.8 Å². The molecular formula is C16H15ClFNOS. The number of benzene rings is 2. The first-order chi connectivity index (χ1) is 10.0. The van der Waals surface area contributed by atoms with E-state index >= 15 is 0 Å². The predicted octanol–water partition coefficient (Wildman–Crippen LogP) is 4.66. The number of hydrogen-bond donors (Lipinski definition) is 1. The normalized spacial score (nSPS) is 10.4. The summed E-state index contributed by atoms with van der Waals surface area (Å²) in [5, 5.41) is 2.92. The summed E-state index contributed by atoms with van der Waals surface area (Å²) in [7, 11) is 0. The Balaban J connectivity index is 1.84. The fourth-order valence-corrected chi connectivity index (χ4v) is 2.79. The predicted molar refractivity (Wildman–Crippen MR) is 87.4 cm³/mol. The zero-order chi connectivity index (χ0) is 15.2. The molecule has 0 atom stereocenters. The largest absolute Gasteiger partial charge is 0.323 e. The summed E-state index contributed by atoms with van der Waals surface area (Å²) in [6.45, 7) is 2.03. The van der Waals surface area contributed by atoms with Crippen molar-refractivity contribution in [2.75, 3.05) is 11.1 Å². The molecular weight excluding hydrogens is 309 g/mol. The molecule has 0 bridgehead atoms. The molecule has 0 aliphatic carbocycles. The molecule has 0 aliphatic rings. The molecule has 0 radical (unpaired) electrons. The number of anilines is 1. The van der Waals surface area contributed by atoms with Crippen LogP contribution in [-0.4, -0.2) is 11.7 Å². The summed E-state index contributed by atoms with van der Waals surface area (Å²) in [6, 6.07) is 12.2. The fourth-order valence-electron chi connectivity index (χ4n) is 1.84. The van der Waals surface area contributed by atoms with Crippen LogP contribution in [-0.2, 0) is 10.5 Å². The van der Waals surface area contributed by atoms with Gasteiger partial charge >= 0.3 is 0 Å². The van der Waals surface area contributed by atoms with E-state index in [2.05, 4.69) is 11.4 Å². The van der Waals surface area contributed by atoms with Crippen molar-refractivity contribution in [2.45, 2.75) is 12.7 Å². The van der Waals surface area contributed by atoms with Gasteiger partial charge in [0.2, 0.25) is 5.91 Å². The highest BCUT2D eigenvalue weighted by molar-refractivity contribution is 7.99. The minimum atomic E-state index is -0.489. The lowest BCUT2D eigenvalue weighted by atomic mass is 10.2. The molecule has 2 nitrogen and oxygen atoms in total. The van der Waals surface area contributed by atoms with E-state index in [-0.39, 0.29) is 17.3 Å². The lowest BCUT2D eigenvalue weighted by Crippen LogP contribution is -2.15. The van der Waals surface area contributed by atoms with Gasteiger partial charge in [0.1, 0.15) is 5.82 Å². The second-order valence-corrected chi connectivity index (χ2v) is 6.08. The van der Waals surface area contributed by atoms with Crippen LogP contribution in [0.1, 0.15) is 11.1 Å². The van der Waals surface area contributed by atoms with Crippen LogP contribution in [0.4, 0.5) is 10.1 Å². The Morgan fingerprint density at radius 3 is 2.86 bits per heavy atom. The first kappa shape index (κ1) is 15.9. The van der Waals surface area contributed by atoms with E-state index in [0.717, 1.165) is 5.75 Å². The molecule has 0 saturated carbocycles. The van der Waals surface area contributed by atoms with Crippen LogP contribution >= 0.6 is 23.4 Å². The summed E-state index contributed by atoms with van der Waals surface area (Å²) in [6.07, 6.45) is 0. The molecule has 21 heavy (non-hydrogen) atoms. The van der Waals surface area contributed by atoms with Crippen LogP contribution < -0.4 is 5.32 Å². The number of carbonyl (C=O) groups is 1. The SMILES string of the molecule is Cc1cccc(CSCC(=O)Nc2cc(Cl)ccc2F)c1. The van der Waals surface area contributed by atoms with Crippen LogP contribution in [0, 0.1) is 12.7 Å². The monoisotopic (exact) mass is 323 g/mol. The minimum absolute atomic E-state index is 0.114. The van der Waals surface area contributed by atoms with Crippen molar-refractivity contribution < 1.29 is 9.18 Å². The number of hydrogen-bond acceptors (Lipinski definition) is 2. The smallest absolute Gasteiger partial charge is 0.234 e. The second kappa shape index (κ2) is 7.48. The fraction of sp³-hybridized carbons (Fsp3) is 0.188. The maximum absolute atomic E-state index is 13.5. The van der Waals surface area contributed by atoms with E-state index in [9.17, 15) is 9.18 Å². The average molecular weight is 324 g/mol. The van der Waals surface area contributed by atoms with E-state index in [1.54, 1.807) is 0 Å². The lowest BCUT2D eigenvalue weighted by Gasteiger charge is -2.07. The van der Waals surface area contributed by atoms with Crippen molar-refractivity contribution >= 4 is 35.0 Å². The number of nitrogens with one attached hydrogen (secondary N) is 1. The molecule has 1 N–H and O–H groups in total. The maximum Gasteiger partial charge on any atom is 0.234 e. The third-order valence-corrected chi connectivity index (χ3v) is 4.03. The van der Waals surface area contributed by atoms with Crippen molar-refractivity contribution in [3.63, 3.8) is 0 Å². The van der Waals surface area contributed by atoms with Gasteiger partial charge in [-0.3, -0.25) is 4.79 Å². The van der Waals surface area contributed by atoms with Crippen LogP contribution in [0.15, 0.2) is 42.5 Å². The van der Waals surface area contributed by atoms with Gasteiger partial charge in [0.15, 0.2) is 0 Å². The molecule has 5 heteroatoms. The van der Waals surface area contributed by atoms with Crippen molar-refractivity contribution in [3.8, 4) is 0 Å². The standard InChI is InChI=1S/C16H15ClFNOS/c1-11-3-2-4-12(7-11)9-21-10-16(20)19-15-8-13(17)5-6-14(15)18/h2-8H,9-10H2,1H3,(H,19,20). The molecule has 0 saturated heterocycles. The first-order valence-corrected chi connectivity index (χ1v) is 7.96. The number of amides is 1. The molecule has 0 aliphatic heterocycles. The molecule has 110 valence electrons. The Morgan fingerprint density at radius 1 is 1.29 bits per heavy atom. The van der Waals surface area contributed by atoms with Crippen LogP contribution in [0.25, 0.3) is 0 Å². The molecule has 2 aromatic rings. The van der Waals surface area contributed by atoms with Crippen molar-refractivity contribution in [2.24, 2.45) is 0 Å². The quantitative estimate of drug-likeness (QED) is 0.867. The Labute approximate surface area is 132 Å². The Hall–Kier alpha value is -1.52. The number of aryl methyl sites for hydroxylation is 1. The van der Waals surface area contributed by atoms with E-state index in [0.29, 0.717) is 5.02 Å². The van der Waals surface area contributed by atoms with Crippen LogP contribution in [0.5, 0.6) is 0 Å². The number of thioether (sulfide) groups is 1. The van der Waals surface area contributed by atoms with Gasteiger partial charge in [0.25, 0.3) is 0 Å². The molecule has 2 rings (SSSR count). The number of carbonyl (C=O) groups excluding carboxylic acids is 1. The summed E-state index contributed by atoms with van der Waals surface area (Å²) < 4.78 is 13.5. The summed E-state index contributed by atoms with van der Waals surface area (Å²) in [5.41, 5.74) is 2.48. The summed E-state index contributed by atoms with van der Waals surface area (Å²) in [5.74, 6) is 0.276. The topological polar surface area (TPSA) is 29.1 Å². The zero-order valence-corrected chi connectivity index (χ0v) is 13.1. The summed E-state index contributed by atoms with van der Waals surface area (Å²) >= 11 is 7.26. The molecule has 0 heterocycles. The number of halogens is 2. The number of rotatable bonds is 5. The van der Waals surface area contributed by atoms with Crippen molar-refractivity contribution in [1.82, 2.24) is 0 Å². The highest BCUT2D eigenvalue weighted by Gasteiger charge is 2.08. The highest BCUT2D eigenvalue weighted by atomic mass is 35.5. The molecule has 0 unspecified atom stereocenters. The molecule has 0 spiro atoms.